The van der Waals surface area contributed by atoms with Crippen LogP contribution in [0.4, 0.5) is 0 Å². The molecule has 1 N–H and O–H groups in total. The quantitative estimate of drug-likeness (QED) is 0.639. The molecule has 0 radical (unpaired) electrons. The molecule has 0 aliphatic rings. The first-order chi connectivity index (χ1) is 14.6. The van der Waals surface area contributed by atoms with Gasteiger partial charge in [-0.1, -0.05) is 39.0 Å². The fraction of sp³-hybridized carbons (Fsp3) is 0.333. The second kappa shape index (κ2) is 8.71. The lowest BCUT2D eigenvalue weighted by atomic mass is 9.86. The number of amides is 1. The van der Waals surface area contributed by atoms with Gasteiger partial charge in [0.05, 0.1) is 5.69 Å². The molecule has 0 saturated carbocycles. The minimum atomic E-state index is -0.849. The Morgan fingerprint density at radius 3 is 2.45 bits per heavy atom. The number of rotatable bonds is 5. The predicted octanol–water partition coefficient (Wildman–Crippen LogP) is 3.16. The monoisotopic (exact) mass is 421 g/mol. The Labute approximate surface area is 181 Å². The summed E-state index contributed by atoms with van der Waals surface area (Å²) in [4.78, 5) is 41.4. The highest BCUT2D eigenvalue weighted by Gasteiger charge is 2.19. The van der Waals surface area contributed by atoms with E-state index in [2.05, 4.69) is 31.1 Å². The summed E-state index contributed by atoms with van der Waals surface area (Å²) in [6.07, 6.45) is 0. The number of hydrogen-bond acceptors (Lipinski definition) is 5. The summed E-state index contributed by atoms with van der Waals surface area (Å²) in [5, 5.41) is 2.64. The van der Waals surface area contributed by atoms with Gasteiger partial charge in [-0.25, -0.2) is 9.78 Å². The number of carbonyl (C=O) groups is 2. The van der Waals surface area contributed by atoms with Crippen LogP contribution in [-0.4, -0.2) is 27.3 Å². The van der Waals surface area contributed by atoms with Gasteiger partial charge in [0.25, 0.3) is 11.5 Å². The molecule has 2 aromatic heterocycles. The first kappa shape index (κ1) is 22.2. The van der Waals surface area contributed by atoms with Gasteiger partial charge in [-0.05, 0) is 49.1 Å². The molecule has 0 saturated heterocycles. The molecule has 3 aromatic rings. The molecule has 7 nitrogen and oxygen atoms in total. The van der Waals surface area contributed by atoms with E-state index in [1.54, 1.807) is 31.2 Å². The topological polar surface area (TPSA) is 89.8 Å². The Balaban J connectivity index is 1.61. The van der Waals surface area contributed by atoms with E-state index >= 15 is 0 Å². The number of aryl methyl sites for hydroxylation is 1. The fourth-order valence-corrected chi connectivity index (χ4v) is 3.17. The average Bonchev–Trinajstić information content (AvgIpc) is 2.71. The molecular formula is C24H27N3O4. The van der Waals surface area contributed by atoms with Gasteiger partial charge in [0, 0.05) is 17.3 Å². The molecule has 0 unspecified atom stereocenters. The van der Waals surface area contributed by atoms with Gasteiger partial charge in [-0.15, -0.1) is 0 Å². The van der Waals surface area contributed by atoms with Crippen molar-refractivity contribution in [3.63, 3.8) is 0 Å². The Hall–Kier alpha value is -3.48. The zero-order valence-corrected chi connectivity index (χ0v) is 18.4. The fourth-order valence-electron chi connectivity index (χ4n) is 3.17. The van der Waals surface area contributed by atoms with Crippen molar-refractivity contribution in [1.82, 2.24) is 14.7 Å². The molecule has 1 aromatic carbocycles. The third-order valence-electron chi connectivity index (χ3n) is 5.01. The van der Waals surface area contributed by atoms with Crippen LogP contribution in [0.3, 0.4) is 0 Å². The average molecular weight is 421 g/mol. The molecule has 1 amide bonds. The van der Waals surface area contributed by atoms with Crippen LogP contribution in [0.15, 0.2) is 53.3 Å². The molecule has 7 heteroatoms. The van der Waals surface area contributed by atoms with Gasteiger partial charge in [0.1, 0.15) is 18.3 Å². The number of fused-ring (bicyclic) bond motifs is 1. The number of pyridine rings is 1. The highest BCUT2D eigenvalue weighted by Crippen LogP contribution is 2.22. The van der Waals surface area contributed by atoms with E-state index in [9.17, 15) is 14.4 Å². The second-order valence-corrected chi connectivity index (χ2v) is 8.58. The second-order valence-electron chi connectivity index (χ2n) is 8.58. The number of aromatic nitrogens is 2. The summed E-state index contributed by atoms with van der Waals surface area (Å²) in [6, 6.07) is 13.1. The summed E-state index contributed by atoms with van der Waals surface area (Å²) in [6.45, 7) is 9.51. The van der Waals surface area contributed by atoms with E-state index in [0.29, 0.717) is 16.9 Å². The molecule has 0 spiro atoms. The Morgan fingerprint density at radius 1 is 1.13 bits per heavy atom. The molecule has 162 valence electrons. The lowest BCUT2D eigenvalue weighted by Gasteiger charge is -2.19. The van der Waals surface area contributed by atoms with Crippen LogP contribution in [0.5, 0.6) is 0 Å². The van der Waals surface area contributed by atoms with Gasteiger partial charge in [0.2, 0.25) is 0 Å². The first-order valence-corrected chi connectivity index (χ1v) is 10.1. The number of esters is 1. The predicted molar refractivity (Wildman–Crippen MR) is 118 cm³/mol. The molecule has 1 atom stereocenters. The summed E-state index contributed by atoms with van der Waals surface area (Å²) in [5.41, 5.74) is 2.93. The van der Waals surface area contributed by atoms with Crippen molar-refractivity contribution < 1.29 is 14.3 Å². The van der Waals surface area contributed by atoms with E-state index in [4.69, 9.17) is 4.74 Å². The molecule has 0 aliphatic carbocycles. The Morgan fingerprint density at radius 2 is 1.81 bits per heavy atom. The summed E-state index contributed by atoms with van der Waals surface area (Å²) in [5.74, 6) is -0.964. The van der Waals surface area contributed by atoms with Crippen LogP contribution >= 0.6 is 0 Å². The summed E-state index contributed by atoms with van der Waals surface area (Å²) < 4.78 is 6.75. The van der Waals surface area contributed by atoms with Gasteiger partial charge in [-0.2, -0.15) is 0 Å². The zero-order valence-electron chi connectivity index (χ0n) is 18.4. The normalized spacial score (nSPS) is 12.4. The third-order valence-corrected chi connectivity index (χ3v) is 5.01. The van der Waals surface area contributed by atoms with Crippen molar-refractivity contribution in [3.8, 4) is 0 Å². The van der Waals surface area contributed by atoms with Crippen molar-refractivity contribution in [2.45, 2.75) is 52.7 Å². The van der Waals surface area contributed by atoms with Gasteiger partial charge >= 0.3 is 5.97 Å². The largest absolute Gasteiger partial charge is 0.458 e. The molecule has 0 aliphatic heterocycles. The maximum Gasteiger partial charge on any atom is 0.328 e. The molecule has 0 fully saturated rings. The lowest BCUT2D eigenvalue weighted by molar-refractivity contribution is -0.146. The van der Waals surface area contributed by atoms with Crippen molar-refractivity contribution in [2.75, 3.05) is 0 Å². The smallest absolute Gasteiger partial charge is 0.328 e. The summed E-state index contributed by atoms with van der Waals surface area (Å²) in [7, 11) is 0. The number of ether oxygens (including phenoxy) is 1. The maximum absolute atomic E-state index is 12.4. The first-order valence-electron chi connectivity index (χ1n) is 10.1. The summed E-state index contributed by atoms with van der Waals surface area (Å²) >= 11 is 0. The number of nitrogens with one attached hydrogen (secondary N) is 1. The van der Waals surface area contributed by atoms with E-state index in [-0.39, 0.29) is 23.5 Å². The van der Waals surface area contributed by atoms with Crippen LogP contribution < -0.4 is 10.9 Å². The van der Waals surface area contributed by atoms with Crippen LogP contribution in [-0.2, 0) is 21.6 Å². The number of carbonyl (C=O) groups excluding carboxylic acids is 2. The zero-order chi connectivity index (χ0) is 22.8. The number of benzene rings is 1. The molecule has 2 heterocycles. The maximum atomic E-state index is 12.4. The Kier molecular flexibility index (Phi) is 6.24. The SMILES string of the molecule is Cc1cccc2nc(COC(=O)[C@H](C)NC(=O)c3ccc(C(C)(C)C)cc3)cc(=O)n12. The van der Waals surface area contributed by atoms with Crippen molar-refractivity contribution in [2.24, 2.45) is 0 Å². The van der Waals surface area contributed by atoms with Gasteiger partial charge < -0.3 is 10.1 Å². The van der Waals surface area contributed by atoms with Crippen molar-refractivity contribution >= 4 is 17.5 Å². The van der Waals surface area contributed by atoms with Crippen LogP contribution in [0.2, 0.25) is 0 Å². The van der Waals surface area contributed by atoms with Crippen molar-refractivity contribution in [1.29, 1.82) is 0 Å². The lowest BCUT2D eigenvalue weighted by Crippen LogP contribution is -2.39. The minimum absolute atomic E-state index is 0.00986. The van der Waals surface area contributed by atoms with E-state index in [1.807, 2.05) is 25.1 Å². The molecule has 0 bridgehead atoms. The van der Waals surface area contributed by atoms with Gasteiger partial charge in [-0.3, -0.25) is 14.0 Å². The van der Waals surface area contributed by atoms with Crippen LogP contribution in [0.1, 0.15) is 55.0 Å². The third kappa shape index (κ3) is 5.17. The minimum Gasteiger partial charge on any atom is -0.458 e. The number of hydrogen-bond donors (Lipinski definition) is 1. The molecule has 3 rings (SSSR count). The van der Waals surface area contributed by atoms with E-state index < -0.39 is 12.0 Å². The number of nitrogens with zero attached hydrogens (tertiary/aromatic N) is 2. The highest BCUT2D eigenvalue weighted by atomic mass is 16.5. The van der Waals surface area contributed by atoms with Crippen molar-refractivity contribution in [3.05, 3.63) is 81.4 Å². The van der Waals surface area contributed by atoms with E-state index in [1.165, 1.54) is 10.5 Å². The van der Waals surface area contributed by atoms with E-state index in [0.717, 1.165) is 11.3 Å². The standard InChI is InChI=1S/C24H27N3O4/c1-15-7-6-8-20-26-19(13-21(28)27(15)20)14-31-23(30)16(2)25-22(29)17-9-11-18(12-10-17)24(3,4)5/h6-13,16H,14H2,1-5H3,(H,25,29)/t16-/m0/s1. The van der Waals surface area contributed by atoms with Crippen LogP contribution in [0, 0.1) is 6.92 Å². The van der Waals surface area contributed by atoms with Crippen LogP contribution in [0.25, 0.3) is 5.65 Å². The molecular weight excluding hydrogens is 394 g/mol. The Bertz CT molecular complexity index is 1170. The molecule has 31 heavy (non-hydrogen) atoms. The highest BCUT2D eigenvalue weighted by molar-refractivity contribution is 5.96. The van der Waals surface area contributed by atoms with Gasteiger partial charge in [0.15, 0.2) is 0 Å².